The number of fused-ring (bicyclic) bond motifs is 1. The van der Waals surface area contributed by atoms with Gasteiger partial charge in [0.15, 0.2) is 5.69 Å². The summed E-state index contributed by atoms with van der Waals surface area (Å²) in [6, 6.07) is 12.2. The van der Waals surface area contributed by atoms with E-state index < -0.39 is 17.4 Å². The number of H-pyrrole nitrogens is 1. The van der Waals surface area contributed by atoms with Crippen LogP contribution in [0, 0.1) is 20.8 Å². The SMILES string of the molecule is Cc1ccc(-n2nc(C)c(CC(=O)NNC(=O)c3n[nH]c(=O)c4ccccc34)c2C)cc1Cl. The quantitative estimate of drug-likeness (QED) is 0.401. The summed E-state index contributed by atoms with van der Waals surface area (Å²) in [6.07, 6.45) is 0.0112. The molecule has 9 nitrogen and oxygen atoms in total. The minimum atomic E-state index is -0.644. The number of hydrogen-bond donors (Lipinski definition) is 3. The molecular formula is C23H21ClN6O3. The molecule has 168 valence electrons. The second-order valence-electron chi connectivity index (χ2n) is 7.62. The van der Waals surface area contributed by atoms with Crippen molar-refractivity contribution in [3.05, 3.63) is 86.0 Å². The topological polar surface area (TPSA) is 122 Å². The molecule has 2 heterocycles. The predicted molar refractivity (Wildman–Crippen MR) is 124 cm³/mol. The molecule has 33 heavy (non-hydrogen) atoms. The van der Waals surface area contributed by atoms with Crippen molar-refractivity contribution < 1.29 is 9.59 Å². The second-order valence-corrected chi connectivity index (χ2v) is 8.03. The van der Waals surface area contributed by atoms with Crippen molar-refractivity contribution in [3.63, 3.8) is 0 Å². The molecule has 0 unspecified atom stereocenters. The van der Waals surface area contributed by atoms with Crippen LogP contribution in [0.15, 0.2) is 47.3 Å². The Morgan fingerprint density at radius 3 is 2.52 bits per heavy atom. The van der Waals surface area contributed by atoms with Crippen molar-refractivity contribution in [3.8, 4) is 5.69 Å². The molecular weight excluding hydrogens is 444 g/mol. The Labute approximate surface area is 193 Å². The summed E-state index contributed by atoms with van der Waals surface area (Å²) in [5, 5.41) is 12.0. The summed E-state index contributed by atoms with van der Waals surface area (Å²) in [5.74, 6) is -1.07. The number of carbonyl (C=O) groups excluding carboxylic acids is 2. The van der Waals surface area contributed by atoms with E-state index in [9.17, 15) is 14.4 Å². The molecule has 4 aromatic rings. The number of nitrogens with zero attached hydrogens (tertiary/aromatic N) is 3. The molecule has 0 spiro atoms. The van der Waals surface area contributed by atoms with E-state index in [1.54, 1.807) is 28.9 Å². The van der Waals surface area contributed by atoms with E-state index in [0.29, 0.717) is 21.5 Å². The fourth-order valence-corrected chi connectivity index (χ4v) is 3.75. The van der Waals surface area contributed by atoms with Crippen molar-refractivity contribution in [1.29, 1.82) is 0 Å². The zero-order chi connectivity index (χ0) is 23.7. The van der Waals surface area contributed by atoms with Gasteiger partial charge in [-0.15, -0.1) is 0 Å². The Kier molecular flexibility index (Phi) is 5.97. The highest BCUT2D eigenvalue weighted by atomic mass is 35.5. The van der Waals surface area contributed by atoms with Crippen LogP contribution < -0.4 is 16.4 Å². The van der Waals surface area contributed by atoms with Crippen molar-refractivity contribution >= 4 is 34.2 Å². The van der Waals surface area contributed by atoms with Crippen LogP contribution in [0.2, 0.25) is 5.02 Å². The Hall–Kier alpha value is -3.98. The maximum atomic E-state index is 12.6. The number of aromatic amines is 1. The summed E-state index contributed by atoms with van der Waals surface area (Å²) in [5.41, 5.74) is 8.34. The lowest BCUT2D eigenvalue weighted by molar-refractivity contribution is -0.121. The third-order valence-electron chi connectivity index (χ3n) is 5.41. The minimum Gasteiger partial charge on any atom is -0.273 e. The molecule has 0 saturated carbocycles. The van der Waals surface area contributed by atoms with Gasteiger partial charge in [0.25, 0.3) is 11.5 Å². The number of benzene rings is 2. The van der Waals surface area contributed by atoms with Crippen molar-refractivity contribution in [2.24, 2.45) is 0 Å². The summed E-state index contributed by atoms with van der Waals surface area (Å²) >= 11 is 6.24. The number of aromatic nitrogens is 4. The summed E-state index contributed by atoms with van der Waals surface area (Å²) in [7, 11) is 0. The van der Waals surface area contributed by atoms with Crippen LogP contribution in [0.3, 0.4) is 0 Å². The first-order valence-corrected chi connectivity index (χ1v) is 10.5. The average molecular weight is 465 g/mol. The number of hydrazine groups is 1. The van der Waals surface area contributed by atoms with E-state index in [2.05, 4.69) is 26.1 Å². The Balaban J connectivity index is 1.48. The molecule has 0 saturated heterocycles. The molecule has 0 aliphatic rings. The van der Waals surface area contributed by atoms with Gasteiger partial charge in [0.1, 0.15) is 0 Å². The molecule has 10 heteroatoms. The highest BCUT2D eigenvalue weighted by Gasteiger charge is 2.18. The van der Waals surface area contributed by atoms with E-state index >= 15 is 0 Å². The van der Waals surface area contributed by atoms with Gasteiger partial charge in [0, 0.05) is 21.7 Å². The minimum absolute atomic E-state index is 0.00179. The fourth-order valence-electron chi connectivity index (χ4n) is 3.57. The predicted octanol–water partition coefficient (Wildman–Crippen LogP) is 2.69. The lowest BCUT2D eigenvalue weighted by atomic mass is 10.1. The van der Waals surface area contributed by atoms with Gasteiger partial charge in [0.2, 0.25) is 5.91 Å². The first kappa shape index (κ1) is 22.2. The molecule has 0 atom stereocenters. The third-order valence-corrected chi connectivity index (χ3v) is 5.81. The Morgan fingerprint density at radius 2 is 1.79 bits per heavy atom. The van der Waals surface area contributed by atoms with E-state index in [-0.39, 0.29) is 12.1 Å². The van der Waals surface area contributed by atoms with E-state index in [0.717, 1.165) is 22.5 Å². The number of aryl methyl sites for hydroxylation is 2. The number of rotatable bonds is 4. The van der Waals surface area contributed by atoms with Crippen molar-refractivity contribution in [2.45, 2.75) is 27.2 Å². The lowest BCUT2D eigenvalue weighted by Crippen LogP contribution is -2.43. The summed E-state index contributed by atoms with van der Waals surface area (Å²) in [4.78, 5) is 37.0. The third kappa shape index (κ3) is 4.35. The number of amides is 2. The molecule has 2 aromatic heterocycles. The summed E-state index contributed by atoms with van der Waals surface area (Å²) < 4.78 is 1.73. The monoisotopic (exact) mass is 464 g/mol. The maximum absolute atomic E-state index is 12.6. The van der Waals surface area contributed by atoms with Gasteiger partial charge >= 0.3 is 0 Å². The molecule has 0 aliphatic heterocycles. The summed E-state index contributed by atoms with van der Waals surface area (Å²) in [6.45, 7) is 5.60. The number of halogens is 1. The maximum Gasteiger partial charge on any atom is 0.290 e. The number of nitrogens with one attached hydrogen (secondary N) is 3. The van der Waals surface area contributed by atoms with Gasteiger partial charge in [-0.25, -0.2) is 9.78 Å². The van der Waals surface area contributed by atoms with Crippen molar-refractivity contribution in [1.82, 2.24) is 30.8 Å². The first-order chi connectivity index (χ1) is 15.8. The molecule has 0 aliphatic carbocycles. The van der Waals surface area contributed by atoms with Gasteiger partial charge in [-0.05, 0) is 44.5 Å². The zero-order valence-electron chi connectivity index (χ0n) is 18.2. The number of hydrogen-bond acceptors (Lipinski definition) is 5. The van der Waals surface area contributed by atoms with Gasteiger partial charge < -0.3 is 0 Å². The van der Waals surface area contributed by atoms with E-state index in [1.807, 2.05) is 39.0 Å². The normalized spacial score (nSPS) is 10.9. The van der Waals surface area contributed by atoms with Gasteiger partial charge in [-0.2, -0.15) is 10.2 Å². The van der Waals surface area contributed by atoms with Gasteiger partial charge in [-0.1, -0.05) is 35.9 Å². The molecule has 2 aromatic carbocycles. The number of carbonyl (C=O) groups is 2. The Bertz CT molecular complexity index is 1460. The first-order valence-electron chi connectivity index (χ1n) is 10.1. The largest absolute Gasteiger partial charge is 0.290 e. The van der Waals surface area contributed by atoms with Crippen molar-refractivity contribution in [2.75, 3.05) is 0 Å². The highest BCUT2D eigenvalue weighted by Crippen LogP contribution is 2.23. The highest BCUT2D eigenvalue weighted by molar-refractivity contribution is 6.31. The van der Waals surface area contributed by atoms with Crippen LogP contribution in [0.25, 0.3) is 16.5 Å². The molecule has 4 rings (SSSR count). The molecule has 0 radical (unpaired) electrons. The lowest BCUT2D eigenvalue weighted by Gasteiger charge is -2.09. The van der Waals surface area contributed by atoms with Crippen LogP contribution in [0.1, 0.15) is 33.0 Å². The average Bonchev–Trinajstić information content (AvgIpc) is 3.08. The molecule has 0 fully saturated rings. The van der Waals surface area contributed by atoms with E-state index in [1.165, 1.54) is 0 Å². The second kappa shape index (κ2) is 8.87. The van der Waals surface area contributed by atoms with Gasteiger partial charge in [-0.3, -0.25) is 25.2 Å². The van der Waals surface area contributed by atoms with Crippen LogP contribution in [-0.4, -0.2) is 31.8 Å². The van der Waals surface area contributed by atoms with Crippen LogP contribution in [0.5, 0.6) is 0 Å². The van der Waals surface area contributed by atoms with Crippen LogP contribution in [0.4, 0.5) is 0 Å². The van der Waals surface area contributed by atoms with Gasteiger partial charge in [0.05, 0.1) is 23.2 Å². The van der Waals surface area contributed by atoms with Crippen LogP contribution >= 0.6 is 11.6 Å². The smallest absolute Gasteiger partial charge is 0.273 e. The fraction of sp³-hybridized carbons (Fsp3) is 0.174. The zero-order valence-corrected chi connectivity index (χ0v) is 18.9. The molecule has 2 amide bonds. The standard InChI is InChI=1S/C23H21ClN6O3/c1-12-8-9-15(10-19(12)24)30-14(3)18(13(2)29-30)11-20(31)25-28-23(33)21-16-6-4-5-7-17(16)22(32)27-26-21/h4-10H,11H2,1-3H3,(H,25,31)(H,27,32)(H,28,33). The molecule has 0 bridgehead atoms. The van der Waals surface area contributed by atoms with E-state index in [4.69, 9.17) is 11.6 Å². The van der Waals surface area contributed by atoms with Crippen LogP contribution in [-0.2, 0) is 11.2 Å². The Morgan fingerprint density at radius 1 is 1.06 bits per heavy atom. The molecule has 3 N–H and O–H groups in total.